The molecule has 0 aliphatic heterocycles. The zero-order valence-corrected chi connectivity index (χ0v) is 13.5. The minimum atomic E-state index is 0.650. The van der Waals surface area contributed by atoms with E-state index < -0.39 is 0 Å². The molecule has 1 N–H and O–H groups in total. The summed E-state index contributed by atoms with van der Waals surface area (Å²) in [5, 5.41) is 8.00. The first-order valence-electron chi connectivity index (χ1n) is 8.25. The summed E-state index contributed by atoms with van der Waals surface area (Å²) in [6.45, 7) is 11.1. The van der Waals surface area contributed by atoms with Crippen LogP contribution in [-0.4, -0.2) is 27.4 Å². The van der Waals surface area contributed by atoms with E-state index in [0.717, 1.165) is 37.2 Å². The van der Waals surface area contributed by atoms with Crippen molar-refractivity contribution in [2.75, 3.05) is 6.54 Å². The maximum absolute atomic E-state index is 4.47. The van der Waals surface area contributed by atoms with E-state index in [0.29, 0.717) is 12.0 Å². The molecule has 1 aliphatic rings. The second kappa shape index (κ2) is 7.21. The summed E-state index contributed by atoms with van der Waals surface area (Å²) in [5.74, 6) is 3.52. The molecule has 1 fully saturated rings. The number of aryl methyl sites for hydroxylation is 1. The van der Waals surface area contributed by atoms with Crippen LogP contribution in [0.1, 0.15) is 52.8 Å². The number of nitrogens with zero attached hydrogens (tertiary/aromatic N) is 3. The number of nitrogens with one attached hydrogen (secondary N) is 1. The van der Waals surface area contributed by atoms with Gasteiger partial charge in [0, 0.05) is 19.0 Å². The van der Waals surface area contributed by atoms with Crippen molar-refractivity contribution >= 4 is 0 Å². The van der Waals surface area contributed by atoms with Gasteiger partial charge in [-0.15, -0.1) is 0 Å². The van der Waals surface area contributed by atoms with Crippen LogP contribution in [0.5, 0.6) is 0 Å². The Morgan fingerprint density at radius 2 is 2.15 bits per heavy atom. The Bertz CT molecular complexity index is 399. The fraction of sp³-hybridized carbons (Fsp3) is 0.875. The van der Waals surface area contributed by atoms with E-state index in [1.54, 1.807) is 6.33 Å². The SMILES string of the molecule is CCNC1CCC(C(C)C)CC1Cc1ncnn1CC. The van der Waals surface area contributed by atoms with Gasteiger partial charge in [0.05, 0.1) is 0 Å². The van der Waals surface area contributed by atoms with E-state index in [-0.39, 0.29) is 0 Å². The summed E-state index contributed by atoms with van der Waals surface area (Å²) in [4.78, 5) is 4.47. The largest absolute Gasteiger partial charge is 0.314 e. The maximum atomic E-state index is 4.47. The molecule has 114 valence electrons. The van der Waals surface area contributed by atoms with Gasteiger partial charge >= 0.3 is 0 Å². The summed E-state index contributed by atoms with van der Waals surface area (Å²) < 4.78 is 2.04. The van der Waals surface area contributed by atoms with Crippen LogP contribution < -0.4 is 5.32 Å². The molecule has 0 amide bonds. The van der Waals surface area contributed by atoms with Gasteiger partial charge in [-0.25, -0.2) is 4.98 Å². The Labute approximate surface area is 123 Å². The molecule has 1 saturated carbocycles. The van der Waals surface area contributed by atoms with E-state index in [2.05, 4.69) is 43.1 Å². The molecule has 0 radical (unpaired) electrons. The summed E-state index contributed by atoms with van der Waals surface area (Å²) in [6.07, 6.45) is 6.76. The van der Waals surface area contributed by atoms with Gasteiger partial charge in [0.15, 0.2) is 0 Å². The third-order valence-electron chi connectivity index (χ3n) is 4.87. The number of aromatic nitrogens is 3. The van der Waals surface area contributed by atoms with Gasteiger partial charge in [0.25, 0.3) is 0 Å². The van der Waals surface area contributed by atoms with E-state index in [1.165, 1.54) is 19.3 Å². The van der Waals surface area contributed by atoms with Gasteiger partial charge in [0.2, 0.25) is 0 Å². The lowest BCUT2D eigenvalue weighted by atomic mass is 9.72. The monoisotopic (exact) mass is 278 g/mol. The molecule has 1 aromatic rings. The molecule has 0 aromatic carbocycles. The van der Waals surface area contributed by atoms with E-state index >= 15 is 0 Å². The molecule has 4 heteroatoms. The van der Waals surface area contributed by atoms with Crippen LogP contribution in [0.4, 0.5) is 0 Å². The summed E-state index contributed by atoms with van der Waals surface area (Å²) in [7, 11) is 0. The molecular weight excluding hydrogens is 248 g/mol. The fourth-order valence-electron chi connectivity index (χ4n) is 3.61. The Hall–Kier alpha value is -0.900. The van der Waals surface area contributed by atoms with Gasteiger partial charge in [-0.2, -0.15) is 5.10 Å². The second-order valence-electron chi connectivity index (χ2n) is 6.44. The van der Waals surface area contributed by atoms with E-state index in [1.807, 2.05) is 4.68 Å². The lowest BCUT2D eigenvalue weighted by Crippen LogP contribution is -2.42. The molecule has 1 aromatic heterocycles. The third kappa shape index (κ3) is 3.60. The Balaban J connectivity index is 2.06. The van der Waals surface area contributed by atoms with Gasteiger partial charge in [0.1, 0.15) is 12.2 Å². The van der Waals surface area contributed by atoms with Crippen molar-refractivity contribution in [2.45, 2.75) is 66.0 Å². The highest BCUT2D eigenvalue weighted by Gasteiger charge is 2.32. The predicted octanol–water partition coefficient (Wildman–Crippen LogP) is 2.89. The Morgan fingerprint density at radius 3 is 2.80 bits per heavy atom. The highest BCUT2D eigenvalue weighted by atomic mass is 15.3. The van der Waals surface area contributed by atoms with Crippen molar-refractivity contribution in [3.8, 4) is 0 Å². The summed E-state index contributed by atoms with van der Waals surface area (Å²) in [5.41, 5.74) is 0. The number of hydrogen-bond donors (Lipinski definition) is 1. The molecule has 2 rings (SSSR count). The molecule has 0 saturated heterocycles. The lowest BCUT2D eigenvalue weighted by molar-refractivity contribution is 0.166. The lowest BCUT2D eigenvalue weighted by Gasteiger charge is -2.38. The minimum absolute atomic E-state index is 0.650. The van der Waals surface area contributed by atoms with Gasteiger partial charge in [-0.05, 0) is 50.5 Å². The molecule has 0 bridgehead atoms. The molecular formula is C16H30N4. The normalized spacial score (nSPS) is 27.1. The number of rotatable bonds is 6. The maximum Gasteiger partial charge on any atom is 0.138 e. The summed E-state index contributed by atoms with van der Waals surface area (Å²) >= 11 is 0. The van der Waals surface area contributed by atoms with Crippen molar-refractivity contribution in [3.63, 3.8) is 0 Å². The average Bonchev–Trinajstić information content (AvgIpc) is 2.88. The topological polar surface area (TPSA) is 42.7 Å². The Morgan fingerprint density at radius 1 is 1.35 bits per heavy atom. The highest BCUT2D eigenvalue weighted by molar-refractivity contribution is 4.94. The van der Waals surface area contributed by atoms with Crippen LogP contribution in [0.2, 0.25) is 0 Å². The third-order valence-corrected chi connectivity index (χ3v) is 4.87. The zero-order valence-electron chi connectivity index (χ0n) is 13.5. The van der Waals surface area contributed by atoms with Crippen molar-refractivity contribution in [3.05, 3.63) is 12.2 Å². The van der Waals surface area contributed by atoms with Gasteiger partial charge in [-0.1, -0.05) is 20.8 Å². The van der Waals surface area contributed by atoms with Crippen molar-refractivity contribution in [1.29, 1.82) is 0 Å². The smallest absolute Gasteiger partial charge is 0.138 e. The van der Waals surface area contributed by atoms with Gasteiger partial charge in [-0.3, -0.25) is 4.68 Å². The van der Waals surface area contributed by atoms with E-state index in [4.69, 9.17) is 0 Å². The number of hydrogen-bond acceptors (Lipinski definition) is 3. The molecule has 3 atom stereocenters. The molecule has 1 heterocycles. The van der Waals surface area contributed by atoms with Gasteiger partial charge < -0.3 is 5.32 Å². The van der Waals surface area contributed by atoms with Crippen LogP contribution in [0, 0.1) is 17.8 Å². The standard InChI is InChI=1S/C16H30N4/c1-5-17-15-8-7-13(12(3)4)9-14(15)10-16-18-11-19-20(16)6-2/h11-15,17H,5-10H2,1-4H3. The fourth-order valence-corrected chi connectivity index (χ4v) is 3.61. The van der Waals surface area contributed by atoms with E-state index in [9.17, 15) is 0 Å². The average molecular weight is 278 g/mol. The first-order valence-corrected chi connectivity index (χ1v) is 8.25. The van der Waals surface area contributed by atoms with Crippen LogP contribution in [0.3, 0.4) is 0 Å². The first kappa shape index (κ1) is 15.5. The molecule has 3 unspecified atom stereocenters. The summed E-state index contributed by atoms with van der Waals surface area (Å²) in [6, 6.07) is 0.650. The first-order chi connectivity index (χ1) is 9.65. The van der Waals surface area contributed by atoms with Crippen molar-refractivity contribution in [2.24, 2.45) is 17.8 Å². The quantitative estimate of drug-likeness (QED) is 0.870. The van der Waals surface area contributed by atoms with Crippen LogP contribution >= 0.6 is 0 Å². The minimum Gasteiger partial charge on any atom is -0.314 e. The molecule has 4 nitrogen and oxygen atoms in total. The molecule has 0 spiro atoms. The molecule has 20 heavy (non-hydrogen) atoms. The zero-order chi connectivity index (χ0) is 14.5. The van der Waals surface area contributed by atoms with Crippen LogP contribution in [0.25, 0.3) is 0 Å². The highest BCUT2D eigenvalue weighted by Crippen LogP contribution is 2.35. The second-order valence-corrected chi connectivity index (χ2v) is 6.44. The molecule has 1 aliphatic carbocycles. The van der Waals surface area contributed by atoms with Crippen LogP contribution in [-0.2, 0) is 13.0 Å². The van der Waals surface area contributed by atoms with Crippen molar-refractivity contribution < 1.29 is 0 Å². The Kier molecular flexibility index (Phi) is 5.58. The predicted molar refractivity (Wildman–Crippen MR) is 82.5 cm³/mol. The van der Waals surface area contributed by atoms with Crippen molar-refractivity contribution in [1.82, 2.24) is 20.1 Å². The van der Waals surface area contributed by atoms with Crippen LogP contribution in [0.15, 0.2) is 6.33 Å².